The van der Waals surface area contributed by atoms with Crippen molar-refractivity contribution in [2.75, 3.05) is 42.5 Å². The Morgan fingerprint density at radius 3 is 1.94 bits per heavy atom. The van der Waals surface area contributed by atoms with Crippen molar-refractivity contribution in [3.05, 3.63) is 113 Å². The molecule has 0 aromatic heterocycles. The first-order chi connectivity index (χ1) is 45.0. The van der Waals surface area contributed by atoms with Crippen molar-refractivity contribution in [1.29, 1.82) is 0 Å². The number of fused-ring (bicyclic) bond motifs is 10. The first-order valence-corrected chi connectivity index (χ1v) is 36.9. The summed E-state index contributed by atoms with van der Waals surface area (Å²) >= 11 is 0. The maximum Gasteiger partial charge on any atom is 0.333 e. The normalized spacial score (nSPS) is 23.7. The molecule has 24 nitrogen and oxygen atoms in total. The van der Waals surface area contributed by atoms with Crippen molar-refractivity contribution in [2.24, 2.45) is 0 Å². The third kappa shape index (κ3) is 17.4. The van der Waals surface area contributed by atoms with Gasteiger partial charge in [0.2, 0.25) is 23.6 Å². The Morgan fingerprint density at radius 2 is 1.26 bits per heavy atom. The average molecular weight is 1370 g/mol. The molecule has 4 aromatic carbocycles. The largest absolute Gasteiger partial charge is 0.364 e. The lowest BCUT2D eigenvalue weighted by Gasteiger charge is -2.35. The number of nitrogens with one attached hydrogen (secondary N) is 4. The van der Waals surface area contributed by atoms with Gasteiger partial charge in [0, 0.05) is 91.6 Å². The van der Waals surface area contributed by atoms with E-state index in [4.69, 9.17) is 4.84 Å². The fourth-order valence-electron chi connectivity index (χ4n) is 13.4. The smallest absolute Gasteiger partial charge is 0.333 e. The standard InChI is InChI=1S/C68H87N7O17S3/c1-6-67(4)56-25-14-9-8-10-15-26-57-68(5,7-2)65-51-42-47(94(86,87)88)43-55(95(89,90)91)49(51)31-33-54(65)74(57)39-23-13-17-28-59(77)72-52(66(82)70-37-20-11-18-29-63(81)92-75-61(79)34-35-62(75)80)24-19-21-36-69-60(78)44-71-58(76)27-16-12-22-38-73(56)53-32-30-48-45(3)40-46(93(83,84)85)41-50(48)64(53)67/h8-10,14-15,25-26,30-33,40-43,52,56H,6-7,11-13,16-24,27-29,34-39,44H2,1-5H3,(H,69,78)(H,70,82)(H,71,76)(H,72,77)(H,83,84,85)(H,86,87,88)(H,89,90,91)/b9-8+,15-10+,25-14+,57-26+. The molecule has 1 fully saturated rings. The Kier molecular flexibility index (Phi) is 24.1. The number of allylic oxidation sites excluding steroid dienone is 7. The van der Waals surface area contributed by atoms with Crippen LogP contribution in [-0.2, 0) is 79.6 Å². The fraction of sp³-hybridized carbons (Fsp3) is 0.485. The van der Waals surface area contributed by atoms with Gasteiger partial charge in [0.15, 0.2) is 0 Å². The van der Waals surface area contributed by atoms with Crippen molar-refractivity contribution < 1.29 is 77.3 Å². The molecule has 0 saturated carbocycles. The van der Waals surface area contributed by atoms with Crippen LogP contribution in [0.2, 0.25) is 0 Å². The lowest BCUT2D eigenvalue weighted by atomic mass is 9.74. The molecular formula is C68H87N7O17S3. The fourth-order valence-corrected chi connectivity index (χ4v) is 15.3. The molecule has 0 bridgehead atoms. The van der Waals surface area contributed by atoms with E-state index in [9.17, 15) is 72.5 Å². The zero-order valence-electron chi connectivity index (χ0n) is 54.4. The van der Waals surface area contributed by atoms with Gasteiger partial charge in [0.1, 0.15) is 10.9 Å². The Balaban J connectivity index is 1.05. The number of aryl methyl sites for hydroxylation is 1. The third-order valence-corrected chi connectivity index (χ3v) is 21.3. The summed E-state index contributed by atoms with van der Waals surface area (Å²) in [6.45, 7) is 11.1. The minimum Gasteiger partial charge on any atom is -0.364 e. The summed E-state index contributed by atoms with van der Waals surface area (Å²) in [5.41, 5.74) is 3.07. The van der Waals surface area contributed by atoms with Crippen molar-refractivity contribution >= 4 is 105 Å². The maximum absolute atomic E-state index is 13.7. The monoisotopic (exact) mass is 1370 g/mol. The van der Waals surface area contributed by atoms with Crippen LogP contribution in [0, 0.1) is 6.92 Å². The van der Waals surface area contributed by atoms with E-state index in [1.807, 2.05) is 63.3 Å². The molecule has 6 amide bonds. The molecule has 95 heavy (non-hydrogen) atoms. The van der Waals surface area contributed by atoms with Gasteiger partial charge < -0.3 is 35.9 Å². The summed E-state index contributed by atoms with van der Waals surface area (Å²) in [6, 6.07) is 11.0. The molecule has 4 atom stereocenters. The molecule has 7 N–H and O–H groups in total. The summed E-state index contributed by atoms with van der Waals surface area (Å²) in [6.07, 6.45) is 20.5. The topological polar surface area (TPSA) is 350 Å². The minimum atomic E-state index is -5.02. The second kappa shape index (κ2) is 31.4. The van der Waals surface area contributed by atoms with E-state index < -0.39 is 86.6 Å². The number of anilines is 2. The van der Waals surface area contributed by atoms with Gasteiger partial charge in [-0.3, -0.25) is 42.4 Å². The van der Waals surface area contributed by atoms with E-state index in [-0.39, 0.29) is 91.7 Å². The summed E-state index contributed by atoms with van der Waals surface area (Å²) in [5, 5.41) is 13.6. The van der Waals surface area contributed by atoms with Crippen LogP contribution in [0.3, 0.4) is 0 Å². The Bertz CT molecular complexity index is 4100. The van der Waals surface area contributed by atoms with E-state index in [2.05, 4.69) is 57.1 Å². The number of hydroxylamine groups is 2. The number of hydrogen-bond donors (Lipinski definition) is 7. The van der Waals surface area contributed by atoms with Crippen LogP contribution in [0.15, 0.2) is 111 Å². The first kappa shape index (κ1) is 73.0. The van der Waals surface area contributed by atoms with Crippen LogP contribution in [0.5, 0.6) is 0 Å². The summed E-state index contributed by atoms with van der Waals surface area (Å²) < 4.78 is 107. The van der Waals surface area contributed by atoms with Gasteiger partial charge in [0.05, 0.1) is 22.4 Å². The number of benzene rings is 4. The Hall–Kier alpha value is -7.82. The van der Waals surface area contributed by atoms with Crippen LogP contribution < -0.4 is 31.1 Å². The SMILES string of the molecule is CCC1(C)\C2=C/C=C/C=C/C=C/C3N(CCCCCC(=O)NCC(=O)NCCCCC(C(=O)NCCCCCC(=O)ON4C(=O)CCC4=O)NC(=O)CCCCCN2c2ccc4c(S(=O)(=O)O)cc(S(=O)(=O)O)cc4c21)c1ccc2c(C)cc(S(=O)(=O)O)cc2c1C3(C)CC. The molecule has 4 aliphatic rings. The first-order valence-electron chi connectivity index (χ1n) is 32.6. The van der Waals surface area contributed by atoms with Gasteiger partial charge in [0.25, 0.3) is 42.2 Å². The van der Waals surface area contributed by atoms with Crippen LogP contribution in [0.25, 0.3) is 21.5 Å². The minimum absolute atomic E-state index is 0.0213. The predicted molar refractivity (Wildman–Crippen MR) is 359 cm³/mol. The number of unbranched alkanes of at least 4 members (excludes halogenated alkanes) is 2. The number of carbonyl (C=O) groups excluding carboxylic acids is 7. The second-order valence-corrected chi connectivity index (χ2v) is 29.4. The molecule has 4 aliphatic heterocycles. The predicted octanol–water partition coefficient (Wildman–Crippen LogP) is 8.94. The molecule has 514 valence electrons. The van der Waals surface area contributed by atoms with Gasteiger partial charge in [-0.25, -0.2) is 4.79 Å². The zero-order chi connectivity index (χ0) is 69.0. The van der Waals surface area contributed by atoms with Gasteiger partial charge in [-0.15, -0.1) is 5.06 Å². The van der Waals surface area contributed by atoms with Gasteiger partial charge in [-0.1, -0.05) is 88.6 Å². The average Bonchev–Trinajstić information content (AvgIpc) is 1.58. The molecule has 8 rings (SSSR count). The maximum atomic E-state index is 13.7. The second-order valence-electron chi connectivity index (χ2n) is 25.2. The highest BCUT2D eigenvalue weighted by Crippen LogP contribution is 2.54. The molecule has 1 saturated heterocycles. The summed E-state index contributed by atoms with van der Waals surface area (Å²) in [4.78, 5) is 97.0. The number of hydrogen-bond acceptors (Lipinski definition) is 16. The number of nitrogens with zero attached hydrogens (tertiary/aromatic N) is 3. The number of imide groups is 1. The molecule has 4 heterocycles. The molecular weight excluding hydrogens is 1280 g/mol. The molecule has 4 unspecified atom stereocenters. The van der Waals surface area contributed by atoms with Crippen LogP contribution in [0.1, 0.15) is 166 Å². The number of carbonyl (C=O) groups is 7. The summed E-state index contributed by atoms with van der Waals surface area (Å²) in [7, 11) is -14.5. The van der Waals surface area contributed by atoms with Crippen molar-refractivity contribution in [3.8, 4) is 0 Å². The molecule has 0 aliphatic carbocycles. The molecule has 27 heteroatoms. The van der Waals surface area contributed by atoms with E-state index in [1.54, 1.807) is 12.1 Å². The van der Waals surface area contributed by atoms with E-state index in [1.165, 1.54) is 18.2 Å². The van der Waals surface area contributed by atoms with Crippen molar-refractivity contribution in [2.45, 2.75) is 194 Å². The van der Waals surface area contributed by atoms with E-state index in [0.717, 1.165) is 33.8 Å². The molecule has 4 aromatic rings. The van der Waals surface area contributed by atoms with Gasteiger partial charge in [-0.2, -0.15) is 25.3 Å². The zero-order valence-corrected chi connectivity index (χ0v) is 56.9. The molecule has 0 spiro atoms. The van der Waals surface area contributed by atoms with E-state index in [0.29, 0.717) is 118 Å². The number of rotatable bonds is 13. The third-order valence-electron chi connectivity index (χ3n) is 18.7. The van der Waals surface area contributed by atoms with Gasteiger partial charge in [-0.05, 0) is 160 Å². The Labute approximate surface area is 555 Å². The highest BCUT2D eigenvalue weighted by atomic mass is 32.2. The lowest BCUT2D eigenvalue weighted by molar-refractivity contribution is -0.197. The van der Waals surface area contributed by atoms with Crippen LogP contribution >= 0.6 is 0 Å². The quantitative estimate of drug-likeness (QED) is 0.0373. The summed E-state index contributed by atoms with van der Waals surface area (Å²) in [5.74, 6) is -3.35. The van der Waals surface area contributed by atoms with Crippen molar-refractivity contribution in [1.82, 2.24) is 26.3 Å². The highest BCUT2D eigenvalue weighted by molar-refractivity contribution is 7.87. The highest BCUT2D eigenvalue weighted by Gasteiger charge is 2.47. The van der Waals surface area contributed by atoms with Crippen LogP contribution in [-0.4, -0.2) is 130 Å². The van der Waals surface area contributed by atoms with Gasteiger partial charge >= 0.3 is 5.97 Å². The van der Waals surface area contributed by atoms with Crippen molar-refractivity contribution in [3.63, 3.8) is 0 Å². The van der Waals surface area contributed by atoms with E-state index >= 15 is 0 Å². The molecule has 0 radical (unpaired) electrons. The van der Waals surface area contributed by atoms with Crippen LogP contribution in [0.4, 0.5) is 11.4 Å². The number of amides is 6. The Morgan fingerprint density at radius 1 is 0.632 bits per heavy atom. The lowest BCUT2D eigenvalue weighted by Crippen LogP contribution is -2.47.